The third kappa shape index (κ3) is 5.86. The van der Waals surface area contributed by atoms with Gasteiger partial charge in [0.2, 0.25) is 0 Å². The highest BCUT2D eigenvalue weighted by atomic mass is 15.0. The van der Waals surface area contributed by atoms with Gasteiger partial charge in [-0.1, -0.05) is 194 Å². The van der Waals surface area contributed by atoms with Crippen molar-refractivity contribution in [2.45, 2.75) is 5.41 Å². The first kappa shape index (κ1) is 36.3. The van der Waals surface area contributed by atoms with Crippen LogP contribution in [0, 0.1) is 11.3 Å². The standard InChI is InChI=1S/C59H36N4/c60-37-38-22-32-50-51-36-47(31-33-54(51)59(55(50)34-38)52-20-9-7-18-48(52)49-19-8-10-21-53(49)59)46-17-11-16-45(35-46)41-25-29-44(30-26-41)58-62-56(42-14-5-2-6-15-42)61-57(63-58)43-27-23-40(24-28-43)39-12-3-1-4-13-39/h1-36H. The first-order valence-corrected chi connectivity index (χ1v) is 21.2. The second kappa shape index (κ2) is 14.6. The van der Waals surface area contributed by atoms with Crippen LogP contribution in [0.5, 0.6) is 0 Å². The summed E-state index contributed by atoms with van der Waals surface area (Å²) in [6, 6.07) is 79.2. The van der Waals surface area contributed by atoms with E-state index in [1.807, 2.05) is 42.5 Å². The van der Waals surface area contributed by atoms with Crippen molar-refractivity contribution in [2.24, 2.45) is 0 Å². The summed E-state index contributed by atoms with van der Waals surface area (Å²) in [5, 5.41) is 10.1. The van der Waals surface area contributed by atoms with Gasteiger partial charge in [0.15, 0.2) is 17.5 Å². The molecule has 9 aromatic carbocycles. The lowest BCUT2D eigenvalue weighted by atomic mass is 9.70. The average Bonchev–Trinajstić information content (AvgIpc) is 3.83. The molecule has 1 spiro atoms. The Kier molecular flexibility index (Phi) is 8.42. The Balaban J connectivity index is 0.904. The zero-order chi connectivity index (χ0) is 41.9. The van der Waals surface area contributed by atoms with Gasteiger partial charge in [0.1, 0.15) is 0 Å². The lowest BCUT2D eigenvalue weighted by molar-refractivity contribution is 0.793. The van der Waals surface area contributed by atoms with Gasteiger partial charge in [-0.3, -0.25) is 0 Å². The molecule has 0 N–H and O–H groups in total. The molecule has 0 atom stereocenters. The molecule has 12 rings (SSSR count). The van der Waals surface area contributed by atoms with Gasteiger partial charge >= 0.3 is 0 Å². The number of rotatable bonds is 6. The fraction of sp³-hybridized carbons (Fsp3) is 0.0169. The minimum absolute atomic E-state index is 0.499. The summed E-state index contributed by atoms with van der Waals surface area (Å²) in [6.45, 7) is 0. The summed E-state index contributed by atoms with van der Waals surface area (Å²) in [6.07, 6.45) is 0. The zero-order valence-corrected chi connectivity index (χ0v) is 34.1. The maximum Gasteiger partial charge on any atom is 0.164 e. The number of fused-ring (bicyclic) bond motifs is 10. The lowest BCUT2D eigenvalue weighted by Gasteiger charge is -2.30. The Labute approximate surface area is 366 Å². The molecule has 63 heavy (non-hydrogen) atoms. The van der Waals surface area contributed by atoms with Gasteiger partial charge in [-0.15, -0.1) is 0 Å². The van der Waals surface area contributed by atoms with E-state index in [4.69, 9.17) is 15.0 Å². The normalized spacial score (nSPS) is 12.6. The van der Waals surface area contributed by atoms with Crippen LogP contribution in [0.25, 0.3) is 89.8 Å². The Hall–Kier alpha value is -8.52. The first-order valence-electron chi connectivity index (χ1n) is 21.2. The third-order valence-corrected chi connectivity index (χ3v) is 12.8. The summed E-state index contributed by atoms with van der Waals surface area (Å²) in [7, 11) is 0. The predicted molar refractivity (Wildman–Crippen MR) is 253 cm³/mol. The Morgan fingerprint density at radius 3 is 1.27 bits per heavy atom. The average molecular weight is 801 g/mol. The number of hydrogen-bond donors (Lipinski definition) is 0. The van der Waals surface area contributed by atoms with Crippen LogP contribution in [0.15, 0.2) is 218 Å². The quantitative estimate of drug-likeness (QED) is 0.168. The summed E-state index contributed by atoms with van der Waals surface area (Å²) in [4.78, 5) is 15.0. The molecule has 0 bridgehead atoms. The smallest absolute Gasteiger partial charge is 0.164 e. The van der Waals surface area contributed by atoms with Crippen molar-refractivity contribution in [3.63, 3.8) is 0 Å². The number of nitrogens with zero attached hydrogens (tertiary/aromatic N) is 4. The molecule has 0 saturated heterocycles. The van der Waals surface area contributed by atoms with Crippen molar-refractivity contribution < 1.29 is 0 Å². The zero-order valence-electron chi connectivity index (χ0n) is 34.1. The van der Waals surface area contributed by atoms with Crippen LogP contribution in [-0.2, 0) is 5.41 Å². The minimum Gasteiger partial charge on any atom is -0.208 e. The van der Waals surface area contributed by atoms with Crippen molar-refractivity contribution in [1.29, 1.82) is 5.26 Å². The van der Waals surface area contributed by atoms with E-state index in [0.717, 1.165) is 44.5 Å². The highest BCUT2D eigenvalue weighted by Gasteiger charge is 2.51. The molecule has 292 valence electrons. The van der Waals surface area contributed by atoms with Crippen molar-refractivity contribution in [3.05, 3.63) is 246 Å². The second-order valence-corrected chi connectivity index (χ2v) is 16.2. The van der Waals surface area contributed by atoms with E-state index in [-0.39, 0.29) is 0 Å². The summed E-state index contributed by atoms with van der Waals surface area (Å²) < 4.78 is 0. The maximum atomic E-state index is 10.1. The first-order chi connectivity index (χ1) is 31.2. The SMILES string of the molecule is N#Cc1ccc2c(c1)C1(c3ccccc3-c3ccccc31)c1ccc(-c3cccc(-c4ccc(-c5nc(-c6ccccc6)nc(-c6ccc(-c7ccccc7)cc6)n5)cc4)c3)cc1-2. The van der Waals surface area contributed by atoms with Gasteiger partial charge in [0.25, 0.3) is 0 Å². The van der Waals surface area contributed by atoms with E-state index >= 15 is 0 Å². The molecule has 10 aromatic rings. The Morgan fingerprint density at radius 2 is 0.683 bits per heavy atom. The number of nitriles is 1. The van der Waals surface area contributed by atoms with Crippen molar-refractivity contribution >= 4 is 0 Å². The Morgan fingerprint density at radius 1 is 0.286 bits per heavy atom. The van der Waals surface area contributed by atoms with Crippen LogP contribution in [0.3, 0.4) is 0 Å². The third-order valence-electron chi connectivity index (χ3n) is 12.8. The van der Waals surface area contributed by atoms with E-state index in [1.54, 1.807) is 0 Å². The van der Waals surface area contributed by atoms with Crippen LogP contribution in [-0.4, -0.2) is 15.0 Å². The highest BCUT2D eigenvalue weighted by molar-refractivity contribution is 5.96. The number of hydrogen-bond acceptors (Lipinski definition) is 4. The molecule has 1 aromatic heterocycles. The van der Waals surface area contributed by atoms with Crippen LogP contribution in [0.2, 0.25) is 0 Å². The molecule has 2 aliphatic rings. The molecule has 0 aliphatic heterocycles. The molecular formula is C59H36N4. The fourth-order valence-electron chi connectivity index (χ4n) is 9.88. The molecule has 0 amide bonds. The van der Waals surface area contributed by atoms with Crippen molar-refractivity contribution in [1.82, 2.24) is 15.0 Å². The molecule has 0 radical (unpaired) electrons. The fourth-order valence-corrected chi connectivity index (χ4v) is 9.88. The molecule has 0 unspecified atom stereocenters. The highest BCUT2D eigenvalue weighted by Crippen LogP contribution is 2.63. The van der Waals surface area contributed by atoms with Gasteiger partial charge in [-0.05, 0) is 102 Å². The topological polar surface area (TPSA) is 62.5 Å². The van der Waals surface area contributed by atoms with Gasteiger partial charge in [-0.25, -0.2) is 15.0 Å². The number of benzene rings is 9. The van der Waals surface area contributed by atoms with E-state index in [9.17, 15) is 5.26 Å². The molecule has 4 heteroatoms. The second-order valence-electron chi connectivity index (χ2n) is 16.2. The summed E-state index contributed by atoms with van der Waals surface area (Å²) >= 11 is 0. The van der Waals surface area contributed by atoms with Crippen LogP contribution in [0.4, 0.5) is 0 Å². The number of aromatic nitrogens is 3. The van der Waals surface area contributed by atoms with E-state index in [1.165, 1.54) is 50.1 Å². The molecule has 0 saturated carbocycles. The minimum atomic E-state index is -0.499. The predicted octanol–water partition coefficient (Wildman–Crippen LogP) is 14.1. The van der Waals surface area contributed by atoms with Gasteiger partial charge < -0.3 is 0 Å². The van der Waals surface area contributed by atoms with Crippen LogP contribution in [0.1, 0.15) is 27.8 Å². The largest absolute Gasteiger partial charge is 0.208 e. The van der Waals surface area contributed by atoms with Crippen molar-refractivity contribution in [3.8, 4) is 95.9 Å². The molecule has 4 nitrogen and oxygen atoms in total. The monoisotopic (exact) mass is 800 g/mol. The van der Waals surface area contributed by atoms with Crippen molar-refractivity contribution in [2.75, 3.05) is 0 Å². The van der Waals surface area contributed by atoms with Crippen LogP contribution >= 0.6 is 0 Å². The van der Waals surface area contributed by atoms with Crippen LogP contribution < -0.4 is 0 Å². The summed E-state index contributed by atoms with van der Waals surface area (Å²) in [5.41, 5.74) is 19.6. The van der Waals surface area contributed by atoms with E-state index in [2.05, 4.69) is 182 Å². The van der Waals surface area contributed by atoms with E-state index < -0.39 is 5.41 Å². The lowest BCUT2D eigenvalue weighted by Crippen LogP contribution is -2.25. The molecule has 2 aliphatic carbocycles. The maximum absolute atomic E-state index is 10.1. The van der Waals surface area contributed by atoms with Gasteiger partial charge in [-0.2, -0.15) is 5.26 Å². The molecule has 1 heterocycles. The molecular weight excluding hydrogens is 765 g/mol. The summed E-state index contributed by atoms with van der Waals surface area (Å²) in [5.74, 6) is 1.89. The molecule has 0 fully saturated rings. The van der Waals surface area contributed by atoms with Gasteiger partial charge in [0, 0.05) is 16.7 Å². The van der Waals surface area contributed by atoms with E-state index in [0.29, 0.717) is 23.0 Å². The van der Waals surface area contributed by atoms with Gasteiger partial charge in [0.05, 0.1) is 17.0 Å². The Bertz CT molecular complexity index is 3390.